The van der Waals surface area contributed by atoms with E-state index in [0.717, 1.165) is 5.56 Å². The summed E-state index contributed by atoms with van der Waals surface area (Å²) in [6.45, 7) is 0.995. The molecule has 1 aromatic heterocycles. The van der Waals surface area contributed by atoms with Crippen molar-refractivity contribution in [2.75, 3.05) is 25.3 Å². The second-order valence-corrected chi connectivity index (χ2v) is 5.11. The first kappa shape index (κ1) is 17.3. The Morgan fingerprint density at radius 3 is 2.88 bits per heavy atom. The van der Waals surface area contributed by atoms with Crippen LogP contribution in [-0.4, -0.2) is 42.8 Å². The number of anilines is 1. The lowest BCUT2D eigenvalue weighted by molar-refractivity contribution is -0.151. The number of hydrogen-bond acceptors (Lipinski definition) is 9. The Balaban J connectivity index is 1.41. The van der Waals surface area contributed by atoms with Gasteiger partial charge < -0.3 is 28.9 Å². The summed E-state index contributed by atoms with van der Waals surface area (Å²) < 4.78 is 19.8. The highest BCUT2D eigenvalue weighted by atomic mass is 16.7. The number of esters is 1. The van der Waals surface area contributed by atoms with Gasteiger partial charge in [0.15, 0.2) is 23.9 Å². The lowest BCUT2D eigenvalue weighted by Crippen LogP contribution is -2.22. The summed E-state index contributed by atoms with van der Waals surface area (Å²) in [5, 5.41) is 9.72. The van der Waals surface area contributed by atoms with Gasteiger partial charge in [-0.25, -0.2) is 4.79 Å². The van der Waals surface area contributed by atoms with E-state index in [1.54, 1.807) is 25.1 Å². The Morgan fingerprint density at radius 2 is 2.08 bits per heavy atom. The largest absolute Gasteiger partial charge is 0.454 e. The van der Waals surface area contributed by atoms with Gasteiger partial charge >= 0.3 is 5.97 Å². The van der Waals surface area contributed by atoms with Crippen molar-refractivity contribution in [2.45, 2.75) is 6.92 Å². The highest BCUT2D eigenvalue weighted by Gasteiger charge is 2.14. The minimum absolute atomic E-state index is 0.182. The minimum atomic E-state index is -0.734. The first-order chi connectivity index (χ1) is 12.6. The predicted octanol–water partition coefficient (Wildman–Crippen LogP) is 1.33. The van der Waals surface area contributed by atoms with E-state index >= 15 is 0 Å². The molecule has 10 nitrogen and oxygen atoms in total. The normalized spacial score (nSPS) is 12.6. The Labute approximate surface area is 147 Å². The van der Waals surface area contributed by atoms with Crippen LogP contribution in [0.4, 0.5) is 5.82 Å². The van der Waals surface area contributed by atoms with E-state index in [1.807, 2.05) is 0 Å². The van der Waals surface area contributed by atoms with E-state index in [0.29, 0.717) is 17.2 Å². The minimum Gasteiger partial charge on any atom is -0.454 e. The van der Waals surface area contributed by atoms with Crippen molar-refractivity contribution in [1.29, 1.82) is 0 Å². The Hall–Kier alpha value is -3.56. The first-order valence-corrected chi connectivity index (χ1v) is 7.54. The molecule has 136 valence electrons. The molecule has 1 aromatic carbocycles. The molecule has 0 bridgehead atoms. The van der Waals surface area contributed by atoms with Gasteiger partial charge in [-0.1, -0.05) is 10.3 Å². The molecule has 1 aliphatic heterocycles. The standard InChI is InChI=1S/C16H15N3O7/c1-10(11-2-3-12-13(6-11)24-9-23-12)18-26-8-16(21)22-7-15(20)17-14-4-5-25-19-14/h2-6H,7-9H2,1H3,(H,17,19,20)/b18-10+. The van der Waals surface area contributed by atoms with Crippen molar-refractivity contribution in [3.05, 3.63) is 36.1 Å². The summed E-state index contributed by atoms with van der Waals surface area (Å²) >= 11 is 0. The molecule has 3 rings (SSSR count). The zero-order valence-corrected chi connectivity index (χ0v) is 13.8. The summed E-state index contributed by atoms with van der Waals surface area (Å²) in [6, 6.07) is 6.77. The van der Waals surface area contributed by atoms with Gasteiger partial charge in [0, 0.05) is 11.6 Å². The van der Waals surface area contributed by atoms with Crippen LogP contribution < -0.4 is 14.8 Å². The fraction of sp³-hybridized carbons (Fsp3) is 0.250. The van der Waals surface area contributed by atoms with Gasteiger partial charge in [-0.2, -0.15) is 0 Å². The van der Waals surface area contributed by atoms with Crippen molar-refractivity contribution in [2.24, 2.45) is 5.16 Å². The highest BCUT2D eigenvalue weighted by Crippen LogP contribution is 2.32. The maximum atomic E-state index is 11.6. The Bertz CT molecular complexity index is 817. The van der Waals surface area contributed by atoms with Gasteiger partial charge in [-0.05, 0) is 25.1 Å². The third-order valence-electron chi connectivity index (χ3n) is 3.24. The summed E-state index contributed by atoms with van der Waals surface area (Å²) in [4.78, 5) is 28.0. The highest BCUT2D eigenvalue weighted by molar-refractivity contribution is 5.99. The zero-order chi connectivity index (χ0) is 18.4. The fourth-order valence-electron chi connectivity index (χ4n) is 2.00. The van der Waals surface area contributed by atoms with Gasteiger partial charge in [-0.3, -0.25) is 4.79 Å². The number of nitrogens with one attached hydrogen (secondary N) is 1. The lowest BCUT2D eigenvalue weighted by atomic mass is 10.1. The van der Waals surface area contributed by atoms with Crippen molar-refractivity contribution in [1.82, 2.24) is 5.16 Å². The SMILES string of the molecule is C/C(=N\OCC(=O)OCC(=O)Nc1ccon1)c1ccc2c(c1)OCO2. The maximum Gasteiger partial charge on any atom is 0.347 e. The van der Waals surface area contributed by atoms with E-state index in [4.69, 9.17) is 19.0 Å². The van der Waals surface area contributed by atoms with Gasteiger partial charge in [0.05, 0.1) is 5.71 Å². The molecular formula is C16H15N3O7. The molecule has 26 heavy (non-hydrogen) atoms. The third-order valence-corrected chi connectivity index (χ3v) is 3.24. The topological polar surface area (TPSA) is 121 Å². The van der Waals surface area contributed by atoms with Crippen LogP contribution >= 0.6 is 0 Å². The smallest absolute Gasteiger partial charge is 0.347 e. The van der Waals surface area contributed by atoms with E-state index in [9.17, 15) is 9.59 Å². The van der Waals surface area contributed by atoms with Crippen LogP contribution in [0.1, 0.15) is 12.5 Å². The van der Waals surface area contributed by atoms with E-state index < -0.39 is 25.1 Å². The van der Waals surface area contributed by atoms with Gasteiger partial charge in [0.1, 0.15) is 6.26 Å². The fourth-order valence-corrected chi connectivity index (χ4v) is 2.00. The van der Waals surface area contributed by atoms with Crippen molar-refractivity contribution in [3.63, 3.8) is 0 Å². The van der Waals surface area contributed by atoms with Crippen LogP contribution in [0.5, 0.6) is 11.5 Å². The molecule has 0 atom stereocenters. The number of hydrogen-bond donors (Lipinski definition) is 1. The lowest BCUT2D eigenvalue weighted by Gasteiger charge is -2.05. The average molecular weight is 361 g/mol. The van der Waals surface area contributed by atoms with Crippen LogP contribution in [-0.2, 0) is 19.2 Å². The first-order valence-electron chi connectivity index (χ1n) is 7.54. The van der Waals surface area contributed by atoms with Crippen LogP contribution in [0.15, 0.2) is 40.2 Å². The second kappa shape index (κ2) is 8.01. The number of rotatable bonds is 7. The zero-order valence-electron chi connectivity index (χ0n) is 13.8. The molecule has 10 heteroatoms. The average Bonchev–Trinajstić information content (AvgIpc) is 3.30. The van der Waals surface area contributed by atoms with Gasteiger partial charge in [0.25, 0.3) is 5.91 Å². The van der Waals surface area contributed by atoms with Crippen molar-refractivity contribution < 1.29 is 33.2 Å². The number of benzene rings is 1. The number of fused-ring (bicyclic) bond motifs is 1. The molecule has 0 unspecified atom stereocenters. The van der Waals surface area contributed by atoms with Crippen LogP contribution in [0, 0.1) is 0 Å². The van der Waals surface area contributed by atoms with Crippen molar-refractivity contribution in [3.8, 4) is 11.5 Å². The summed E-state index contributed by atoms with van der Waals surface area (Å²) in [5.74, 6) is 0.227. The molecule has 0 saturated carbocycles. The van der Waals surface area contributed by atoms with E-state index in [1.165, 1.54) is 12.3 Å². The van der Waals surface area contributed by atoms with Crippen LogP contribution in [0.25, 0.3) is 0 Å². The molecule has 0 spiro atoms. The number of nitrogens with zero attached hydrogens (tertiary/aromatic N) is 2. The Kier molecular flexibility index (Phi) is 5.32. The summed E-state index contributed by atoms with van der Waals surface area (Å²) in [6.07, 6.45) is 1.30. The number of carbonyl (C=O) groups excluding carboxylic acids is 2. The molecule has 1 aliphatic rings. The van der Waals surface area contributed by atoms with E-state index in [-0.39, 0.29) is 12.6 Å². The molecule has 0 radical (unpaired) electrons. The molecular weight excluding hydrogens is 346 g/mol. The molecule has 0 aliphatic carbocycles. The van der Waals surface area contributed by atoms with E-state index in [2.05, 4.69) is 20.2 Å². The quantitative estimate of drug-likeness (QED) is 0.445. The molecule has 2 heterocycles. The van der Waals surface area contributed by atoms with Crippen LogP contribution in [0.2, 0.25) is 0 Å². The number of oxime groups is 1. The molecule has 1 amide bonds. The summed E-state index contributed by atoms with van der Waals surface area (Å²) in [5.41, 5.74) is 1.30. The molecule has 0 saturated heterocycles. The second-order valence-electron chi connectivity index (χ2n) is 5.11. The number of ether oxygens (including phenoxy) is 3. The summed E-state index contributed by atoms with van der Waals surface area (Å²) in [7, 11) is 0. The maximum absolute atomic E-state index is 11.6. The van der Waals surface area contributed by atoms with Crippen LogP contribution in [0.3, 0.4) is 0 Å². The predicted molar refractivity (Wildman–Crippen MR) is 86.8 cm³/mol. The number of carbonyl (C=O) groups is 2. The third kappa shape index (κ3) is 4.50. The Morgan fingerprint density at radius 1 is 1.23 bits per heavy atom. The van der Waals surface area contributed by atoms with Gasteiger partial charge in [-0.15, -0.1) is 0 Å². The molecule has 0 fully saturated rings. The monoisotopic (exact) mass is 361 g/mol. The number of amides is 1. The molecule has 2 aromatic rings. The van der Waals surface area contributed by atoms with Crippen molar-refractivity contribution >= 4 is 23.4 Å². The van der Waals surface area contributed by atoms with Gasteiger partial charge in [0.2, 0.25) is 13.4 Å². The number of aromatic nitrogens is 1. The molecule has 1 N–H and O–H groups in total.